The molecule has 0 fully saturated rings. The number of hydrogen-bond donors (Lipinski definition) is 4. The number of alkyl carbamates (subject to hydrolysis) is 1. The van der Waals surface area contributed by atoms with Gasteiger partial charge in [-0.05, 0) is 61.2 Å². The third-order valence-electron chi connectivity index (χ3n) is 6.08. The highest BCUT2D eigenvalue weighted by molar-refractivity contribution is 7.80. The molecule has 0 aliphatic rings. The van der Waals surface area contributed by atoms with E-state index in [2.05, 4.69) is 23.3 Å². The van der Waals surface area contributed by atoms with Crippen molar-refractivity contribution in [2.24, 2.45) is 0 Å². The van der Waals surface area contributed by atoms with Crippen LogP contribution in [-0.2, 0) is 20.7 Å². The number of aliphatic hydroxyl groups is 1. The maximum atomic E-state index is 13.8. The van der Waals surface area contributed by atoms with Crippen molar-refractivity contribution < 1.29 is 24.2 Å². The number of anilines is 1. The van der Waals surface area contributed by atoms with E-state index in [1.807, 2.05) is 55.5 Å². The number of thiol groups is 1. The van der Waals surface area contributed by atoms with Gasteiger partial charge in [0.1, 0.15) is 17.7 Å². The second-order valence-electron chi connectivity index (χ2n) is 10.2. The van der Waals surface area contributed by atoms with Gasteiger partial charge in [-0.1, -0.05) is 61.5 Å². The molecule has 0 radical (unpaired) electrons. The van der Waals surface area contributed by atoms with Crippen molar-refractivity contribution in [2.75, 3.05) is 24.2 Å². The molecule has 9 heteroatoms. The fourth-order valence-corrected chi connectivity index (χ4v) is 4.44. The Labute approximate surface area is 235 Å². The number of benzene rings is 3. The van der Waals surface area contributed by atoms with Crippen molar-refractivity contribution in [1.29, 1.82) is 0 Å². The van der Waals surface area contributed by atoms with Crippen LogP contribution in [-0.4, -0.2) is 58.5 Å². The summed E-state index contributed by atoms with van der Waals surface area (Å²) in [6.45, 7) is 6.66. The lowest BCUT2D eigenvalue weighted by Gasteiger charge is -2.34. The lowest BCUT2D eigenvalue weighted by atomic mass is 10.0. The fraction of sp³-hybridized carbons (Fsp3) is 0.367. The molecule has 0 aliphatic heterocycles. The Hall–Kier alpha value is -3.56. The highest BCUT2D eigenvalue weighted by Crippen LogP contribution is 2.26. The SMILES string of the molecule is CCc1ccc(C(C(=O)Nc2ccc3ccccc3c2)N(CCO)C(=O)C(CS)NC(=O)OC(C)(C)C)cc1. The molecule has 0 spiro atoms. The number of aliphatic hydroxyl groups excluding tert-OH is 1. The van der Waals surface area contributed by atoms with E-state index < -0.39 is 35.6 Å². The molecule has 3 rings (SSSR count). The molecule has 2 atom stereocenters. The van der Waals surface area contributed by atoms with Crippen LogP contribution in [0.1, 0.15) is 44.9 Å². The zero-order chi connectivity index (χ0) is 28.6. The molecule has 208 valence electrons. The molecular weight excluding hydrogens is 514 g/mol. The summed E-state index contributed by atoms with van der Waals surface area (Å²) in [5, 5.41) is 17.4. The first kappa shape index (κ1) is 30.0. The molecule has 0 aromatic heterocycles. The van der Waals surface area contributed by atoms with Crippen LogP contribution in [0.5, 0.6) is 0 Å². The molecule has 3 amide bonds. The van der Waals surface area contributed by atoms with E-state index in [1.54, 1.807) is 39.0 Å². The number of amides is 3. The lowest BCUT2D eigenvalue weighted by Crippen LogP contribution is -2.53. The van der Waals surface area contributed by atoms with Gasteiger partial charge in [0.15, 0.2) is 0 Å². The van der Waals surface area contributed by atoms with Crippen molar-refractivity contribution in [3.8, 4) is 0 Å². The van der Waals surface area contributed by atoms with E-state index in [0.29, 0.717) is 11.3 Å². The molecule has 3 aromatic rings. The Kier molecular flexibility index (Phi) is 10.4. The molecule has 8 nitrogen and oxygen atoms in total. The van der Waals surface area contributed by atoms with Crippen molar-refractivity contribution in [3.63, 3.8) is 0 Å². The minimum Gasteiger partial charge on any atom is -0.444 e. The average Bonchev–Trinajstić information content (AvgIpc) is 2.90. The standard InChI is InChI=1S/C30H37N3O5S/c1-5-20-10-12-22(13-11-20)26(27(35)31-24-15-14-21-8-6-7-9-23(21)18-24)33(16-17-34)28(36)25(19-39)32-29(37)38-30(2,3)4/h6-15,18,25-26,34,39H,5,16-17,19H2,1-4H3,(H,31,35)(H,32,37). The number of rotatable bonds is 10. The Balaban J connectivity index is 1.96. The Bertz CT molecular complexity index is 1290. The van der Waals surface area contributed by atoms with Crippen molar-refractivity contribution in [3.05, 3.63) is 77.9 Å². The van der Waals surface area contributed by atoms with Gasteiger partial charge in [-0.3, -0.25) is 9.59 Å². The minimum absolute atomic E-state index is 0.0339. The van der Waals surface area contributed by atoms with Crippen molar-refractivity contribution in [2.45, 2.75) is 51.8 Å². The number of nitrogens with one attached hydrogen (secondary N) is 2. The number of hydrogen-bond acceptors (Lipinski definition) is 6. The maximum Gasteiger partial charge on any atom is 0.408 e. The van der Waals surface area contributed by atoms with Gasteiger partial charge in [-0.15, -0.1) is 0 Å². The smallest absolute Gasteiger partial charge is 0.408 e. The summed E-state index contributed by atoms with van der Waals surface area (Å²) < 4.78 is 5.31. The highest BCUT2D eigenvalue weighted by atomic mass is 32.1. The first-order chi connectivity index (χ1) is 18.6. The van der Waals surface area contributed by atoms with Gasteiger partial charge in [-0.2, -0.15) is 12.6 Å². The summed E-state index contributed by atoms with van der Waals surface area (Å²) in [7, 11) is 0. The normalized spacial score (nSPS) is 12.9. The van der Waals surface area contributed by atoms with Crippen LogP contribution in [0.4, 0.5) is 10.5 Å². The van der Waals surface area contributed by atoms with Crippen LogP contribution in [0, 0.1) is 0 Å². The van der Waals surface area contributed by atoms with Crippen LogP contribution < -0.4 is 10.6 Å². The van der Waals surface area contributed by atoms with Gasteiger partial charge in [0.2, 0.25) is 5.91 Å². The van der Waals surface area contributed by atoms with E-state index in [0.717, 1.165) is 22.8 Å². The topological polar surface area (TPSA) is 108 Å². The quantitative estimate of drug-likeness (QED) is 0.273. The van der Waals surface area contributed by atoms with E-state index in [4.69, 9.17) is 4.74 Å². The van der Waals surface area contributed by atoms with Crippen LogP contribution in [0.15, 0.2) is 66.7 Å². The van der Waals surface area contributed by atoms with Crippen molar-refractivity contribution >= 4 is 47.0 Å². The lowest BCUT2D eigenvalue weighted by molar-refractivity contribution is -0.140. The number of nitrogens with zero attached hydrogens (tertiary/aromatic N) is 1. The molecule has 3 aromatic carbocycles. The van der Waals surface area contributed by atoms with Gasteiger partial charge < -0.3 is 25.4 Å². The third kappa shape index (κ3) is 8.21. The van der Waals surface area contributed by atoms with E-state index in [-0.39, 0.29) is 18.9 Å². The molecule has 0 bridgehead atoms. The molecule has 3 N–H and O–H groups in total. The summed E-state index contributed by atoms with van der Waals surface area (Å²) in [5.74, 6) is -1.05. The first-order valence-corrected chi connectivity index (χ1v) is 13.6. The zero-order valence-corrected chi connectivity index (χ0v) is 23.7. The van der Waals surface area contributed by atoms with E-state index >= 15 is 0 Å². The molecule has 2 unspecified atom stereocenters. The Morgan fingerprint density at radius 1 is 1.00 bits per heavy atom. The first-order valence-electron chi connectivity index (χ1n) is 13.0. The molecular formula is C30H37N3O5S. The minimum atomic E-state index is -1.08. The van der Waals surface area contributed by atoms with Crippen LogP contribution in [0.3, 0.4) is 0 Å². The predicted octanol–water partition coefficient (Wildman–Crippen LogP) is 4.73. The zero-order valence-electron chi connectivity index (χ0n) is 22.8. The second-order valence-corrected chi connectivity index (χ2v) is 10.6. The van der Waals surface area contributed by atoms with Gasteiger partial charge in [-0.25, -0.2) is 4.79 Å². The van der Waals surface area contributed by atoms with Gasteiger partial charge in [0, 0.05) is 18.0 Å². The van der Waals surface area contributed by atoms with Crippen molar-refractivity contribution in [1.82, 2.24) is 10.2 Å². The summed E-state index contributed by atoms with van der Waals surface area (Å²) in [6.07, 6.45) is 0.0398. The number of fused-ring (bicyclic) bond motifs is 1. The van der Waals surface area contributed by atoms with Gasteiger partial charge >= 0.3 is 6.09 Å². The summed E-state index contributed by atoms with van der Waals surface area (Å²) >= 11 is 4.27. The summed E-state index contributed by atoms with van der Waals surface area (Å²) in [4.78, 5) is 41.3. The van der Waals surface area contributed by atoms with Gasteiger partial charge in [0.25, 0.3) is 5.91 Å². The monoisotopic (exact) mass is 551 g/mol. The number of carbonyl (C=O) groups excluding carboxylic acids is 3. The predicted molar refractivity (Wildman–Crippen MR) is 157 cm³/mol. The molecule has 0 heterocycles. The van der Waals surface area contributed by atoms with E-state index in [9.17, 15) is 19.5 Å². The second kappa shape index (κ2) is 13.5. The number of ether oxygens (including phenoxy) is 1. The molecule has 0 aliphatic carbocycles. The molecule has 39 heavy (non-hydrogen) atoms. The van der Waals surface area contributed by atoms with E-state index in [1.165, 1.54) is 4.90 Å². The van der Waals surface area contributed by atoms with Gasteiger partial charge in [0.05, 0.1) is 6.61 Å². The Morgan fingerprint density at radius 2 is 1.67 bits per heavy atom. The maximum absolute atomic E-state index is 13.8. The number of carbonyl (C=O) groups is 3. The largest absolute Gasteiger partial charge is 0.444 e. The molecule has 0 saturated heterocycles. The Morgan fingerprint density at radius 3 is 2.26 bits per heavy atom. The van der Waals surface area contributed by atoms with Crippen LogP contribution >= 0.6 is 12.6 Å². The third-order valence-corrected chi connectivity index (χ3v) is 6.44. The highest BCUT2D eigenvalue weighted by Gasteiger charge is 2.35. The fourth-order valence-electron chi connectivity index (χ4n) is 4.20. The average molecular weight is 552 g/mol. The molecule has 0 saturated carbocycles. The number of aryl methyl sites for hydroxylation is 1. The summed E-state index contributed by atoms with van der Waals surface area (Å²) in [5.41, 5.74) is 1.46. The van der Waals surface area contributed by atoms with Crippen LogP contribution in [0.25, 0.3) is 10.8 Å². The summed E-state index contributed by atoms with van der Waals surface area (Å²) in [6, 6.07) is 18.6. The van der Waals surface area contributed by atoms with Crippen LogP contribution in [0.2, 0.25) is 0 Å².